The summed E-state index contributed by atoms with van der Waals surface area (Å²) in [7, 11) is 0. The molecule has 0 saturated carbocycles. The van der Waals surface area contributed by atoms with Crippen LogP contribution in [0.3, 0.4) is 0 Å². The standard InChI is InChI=1S/C18H23Cl2N3O3S2/c1-18(2,3)26-16(24)21-14(7-8-27-4)15-22-23-17(25-15)28-10-11-5-6-12(19)9-13(11)20/h5-6,9,14H,7-8,10H2,1-4H3,(H,21,24)/t14-/m0/s1. The Labute approximate surface area is 183 Å². The van der Waals surface area contributed by atoms with E-state index in [0.29, 0.717) is 33.3 Å². The van der Waals surface area contributed by atoms with Crippen molar-refractivity contribution < 1.29 is 13.9 Å². The normalized spacial score (nSPS) is 12.6. The highest BCUT2D eigenvalue weighted by Crippen LogP contribution is 2.29. The molecule has 0 aliphatic carbocycles. The van der Waals surface area contributed by atoms with Crippen molar-refractivity contribution in [1.82, 2.24) is 15.5 Å². The molecule has 2 rings (SSSR count). The van der Waals surface area contributed by atoms with Crippen molar-refractivity contribution in [1.29, 1.82) is 0 Å². The molecule has 0 aliphatic rings. The van der Waals surface area contributed by atoms with Gasteiger partial charge in [0.2, 0.25) is 5.89 Å². The fraction of sp³-hybridized carbons (Fsp3) is 0.500. The van der Waals surface area contributed by atoms with E-state index in [1.807, 2.05) is 33.1 Å². The van der Waals surface area contributed by atoms with Crippen molar-refractivity contribution in [2.75, 3.05) is 12.0 Å². The third-order valence-corrected chi connectivity index (χ3v) is 5.49. The first kappa shape index (κ1) is 23.2. The van der Waals surface area contributed by atoms with Crippen LogP contribution in [-0.4, -0.2) is 33.9 Å². The summed E-state index contributed by atoms with van der Waals surface area (Å²) < 4.78 is 11.1. The smallest absolute Gasteiger partial charge is 0.408 e. The van der Waals surface area contributed by atoms with Gasteiger partial charge in [0.15, 0.2) is 0 Å². The number of hydrogen-bond acceptors (Lipinski definition) is 7. The molecule has 0 spiro atoms. The van der Waals surface area contributed by atoms with Gasteiger partial charge in [-0.05, 0) is 56.9 Å². The van der Waals surface area contributed by atoms with Crippen molar-refractivity contribution >= 4 is 52.8 Å². The monoisotopic (exact) mass is 463 g/mol. The highest BCUT2D eigenvalue weighted by molar-refractivity contribution is 7.98. The molecule has 1 atom stereocenters. The lowest BCUT2D eigenvalue weighted by Gasteiger charge is -2.22. The second kappa shape index (κ2) is 10.6. The Hall–Kier alpha value is -1.09. The van der Waals surface area contributed by atoms with Crippen LogP contribution in [0.5, 0.6) is 0 Å². The van der Waals surface area contributed by atoms with Crippen LogP contribution in [-0.2, 0) is 10.5 Å². The lowest BCUT2D eigenvalue weighted by atomic mass is 10.2. The van der Waals surface area contributed by atoms with Crippen LogP contribution < -0.4 is 5.32 Å². The number of carbonyl (C=O) groups excluding carboxylic acids is 1. The summed E-state index contributed by atoms with van der Waals surface area (Å²) in [6.45, 7) is 5.44. The topological polar surface area (TPSA) is 77.2 Å². The molecule has 28 heavy (non-hydrogen) atoms. The van der Waals surface area contributed by atoms with Crippen LogP contribution in [0.15, 0.2) is 27.8 Å². The van der Waals surface area contributed by atoms with Crippen molar-refractivity contribution in [2.45, 2.75) is 49.8 Å². The molecular formula is C18H23Cl2N3O3S2. The number of halogens is 2. The van der Waals surface area contributed by atoms with E-state index in [1.54, 1.807) is 23.9 Å². The highest BCUT2D eigenvalue weighted by atomic mass is 35.5. The molecule has 0 radical (unpaired) electrons. The number of thioether (sulfide) groups is 2. The van der Waals surface area contributed by atoms with Gasteiger partial charge in [0.25, 0.3) is 5.22 Å². The Kier molecular flexibility index (Phi) is 8.80. The maximum atomic E-state index is 12.1. The summed E-state index contributed by atoms with van der Waals surface area (Å²) in [6.07, 6.45) is 2.13. The first-order valence-corrected chi connectivity index (χ1v) is 11.7. The number of rotatable bonds is 8. The zero-order chi connectivity index (χ0) is 20.7. The van der Waals surface area contributed by atoms with Crippen molar-refractivity contribution in [3.05, 3.63) is 39.7 Å². The van der Waals surface area contributed by atoms with E-state index >= 15 is 0 Å². The zero-order valence-electron chi connectivity index (χ0n) is 16.1. The summed E-state index contributed by atoms with van der Waals surface area (Å²) in [5.74, 6) is 1.74. The van der Waals surface area contributed by atoms with E-state index in [1.165, 1.54) is 11.8 Å². The number of aromatic nitrogens is 2. The summed E-state index contributed by atoms with van der Waals surface area (Å²) in [4.78, 5) is 12.1. The predicted octanol–water partition coefficient (Wildman–Crippen LogP) is 5.99. The van der Waals surface area contributed by atoms with Gasteiger partial charge in [-0.25, -0.2) is 4.79 Å². The molecule has 2 aromatic rings. The molecule has 0 fully saturated rings. The largest absolute Gasteiger partial charge is 0.444 e. The average molecular weight is 464 g/mol. The third-order valence-electron chi connectivity index (χ3n) is 3.39. The van der Waals surface area contributed by atoms with E-state index in [4.69, 9.17) is 32.4 Å². The Morgan fingerprint density at radius 2 is 2.07 bits per heavy atom. The summed E-state index contributed by atoms with van der Waals surface area (Å²) in [6, 6.07) is 4.93. The van der Waals surface area contributed by atoms with E-state index in [9.17, 15) is 4.79 Å². The summed E-state index contributed by atoms with van der Waals surface area (Å²) >= 11 is 15.1. The van der Waals surface area contributed by atoms with Gasteiger partial charge in [-0.1, -0.05) is 41.0 Å². The summed E-state index contributed by atoms with van der Waals surface area (Å²) in [5.41, 5.74) is 0.337. The number of carbonyl (C=O) groups is 1. The lowest BCUT2D eigenvalue weighted by molar-refractivity contribution is 0.0493. The Bertz CT molecular complexity index is 797. The highest BCUT2D eigenvalue weighted by Gasteiger charge is 2.24. The van der Waals surface area contributed by atoms with Crippen LogP contribution in [0.2, 0.25) is 10.0 Å². The number of nitrogens with one attached hydrogen (secondary N) is 1. The van der Waals surface area contributed by atoms with E-state index < -0.39 is 17.7 Å². The van der Waals surface area contributed by atoms with Crippen molar-refractivity contribution in [3.63, 3.8) is 0 Å². The maximum absolute atomic E-state index is 12.1. The van der Waals surface area contributed by atoms with E-state index in [0.717, 1.165) is 11.3 Å². The molecular weight excluding hydrogens is 441 g/mol. The number of benzene rings is 1. The Morgan fingerprint density at radius 3 is 2.71 bits per heavy atom. The lowest BCUT2D eigenvalue weighted by Crippen LogP contribution is -2.35. The summed E-state index contributed by atoms with van der Waals surface area (Å²) in [5, 5.41) is 12.6. The van der Waals surface area contributed by atoms with Gasteiger partial charge < -0.3 is 14.5 Å². The van der Waals surface area contributed by atoms with Gasteiger partial charge in [0, 0.05) is 15.8 Å². The van der Waals surface area contributed by atoms with E-state index in [-0.39, 0.29) is 0 Å². The Morgan fingerprint density at radius 1 is 1.32 bits per heavy atom. The van der Waals surface area contributed by atoms with Gasteiger partial charge in [-0.2, -0.15) is 11.8 Å². The molecule has 0 bridgehead atoms. The predicted molar refractivity (Wildman–Crippen MR) is 115 cm³/mol. The second-order valence-electron chi connectivity index (χ2n) is 6.91. The molecule has 1 heterocycles. The quantitative estimate of drug-likeness (QED) is 0.481. The molecule has 1 aromatic heterocycles. The van der Waals surface area contributed by atoms with Gasteiger partial charge in [-0.15, -0.1) is 10.2 Å². The molecule has 0 aliphatic heterocycles. The van der Waals surface area contributed by atoms with Gasteiger partial charge in [-0.3, -0.25) is 0 Å². The molecule has 1 aromatic carbocycles. The minimum Gasteiger partial charge on any atom is -0.444 e. The van der Waals surface area contributed by atoms with Crippen LogP contribution in [0, 0.1) is 0 Å². The second-order valence-corrected chi connectivity index (χ2v) is 9.67. The van der Waals surface area contributed by atoms with Crippen molar-refractivity contribution in [2.24, 2.45) is 0 Å². The number of hydrogen-bond donors (Lipinski definition) is 1. The van der Waals surface area contributed by atoms with Crippen LogP contribution in [0.1, 0.15) is 44.7 Å². The first-order valence-electron chi connectivity index (χ1n) is 8.56. The fourth-order valence-corrected chi connectivity index (χ4v) is 3.94. The fourth-order valence-electron chi connectivity index (χ4n) is 2.14. The molecule has 10 heteroatoms. The molecule has 0 unspecified atom stereocenters. The van der Waals surface area contributed by atoms with Gasteiger partial charge >= 0.3 is 6.09 Å². The zero-order valence-corrected chi connectivity index (χ0v) is 19.3. The van der Waals surface area contributed by atoms with Crippen LogP contribution in [0.4, 0.5) is 4.79 Å². The van der Waals surface area contributed by atoms with Crippen LogP contribution >= 0.6 is 46.7 Å². The van der Waals surface area contributed by atoms with Gasteiger partial charge in [0.1, 0.15) is 11.6 Å². The SMILES string of the molecule is CSCC[C@H](NC(=O)OC(C)(C)C)c1nnc(SCc2ccc(Cl)cc2Cl)o1. The Balaban J connectivity index is 2.02. The molecule has 1 N–H and O–H groups in total. The minimum absolute atomic E-state index is 0.351. The maximum Gasteiger partial charge on any atom is 0.408 e. The number of nitrogens with zero attached hydrogens (tertiary/aromatic N) is 2. The first-order chi connectivity index (χ1) is 13.2. The van der Waals surface area contributed by atoms with Crippen molar-refractivity contribution in [3.8, 4) is 0 Å². The third kappa shape index (κ3) is 7.73. The minimum atomic E-state index is -0.582. The average Bonchev–Trinajstić information content (AvgIpc) is 3.05. The molecule has 0 saturated heterocycles. The molecule has 154 valence electrons. The van der Waals surface area contributed by atoms with Gasteiger partial charge in [0.05, 0.1) is 0 Å². The molecule has 6 nitrogen and oxygen atoms in total. The number of ether oxygens (including phenoxy) is 1. The van der Waals surface area contributed by atoms with Crippen LogP contribution in [0.25, 0.3) is 0 Å². The molecule has 1 amide bonds. The van der Waals surface area contributed by atoms with E-state index in [2.05, 4.69) is 15.5 Å². The number of alkyl carbamates (subject to hydrolysis) is 1. The number of amides is 1.